The highest BCUT2D eigenvalue weighted by molar-refractivity contribution is 7.92. The molecule has 0 saturated carbocycles. The zero-order chi connectivity index (χ0) is 33.4. The van der Waals surface area contributed by atoms with E-state index in [-0.39, 0.29) is 29.8 Å². The fourth-order valence-electron chi connectivity index (χ4n) is 5.24. The summed E-state index contributed by atoms with van der Waals surface area (Å²) >= 11 is 0. The van der Waals surface area contributed by atoms with Crippen LogP contribution in [0, 0.1) is 26.6 Å². The predicted molar refractivity (Wildman–Crippen MR) is 180 cm³/mol. The summed E-state index contributed by atoms with van der Waals surface area (Å²) in [5.74, 6) is -1.35. The minimum atomic E-state index is -4.20. The highest BCUT2D eigenvalue weighted by Gasteiger charge is 2.35. The van der Waals surface area contributed by atoms with Gasteiger partial charge in [-0.15, -0.1) is 0 Å². The largest absolute Gasteiger partial charge is 0.352 e. The van der Waals surface area contributed by atoms with Gasteiger partial charge < -0.3 is 10.2 Å². The number of carbonyl (C=O) groups excluding carboxylic acids is 2. The molecule has 1 N–H and O–H groups in total. The van der Waals surface area contributed by atoms with Crippen LogP contribution in [-0.2, 0) is 32.6 Å². The van der Waals surface area contributed by atoms with Gasteiger partial charge in [0.15, 0.2) is 0 Å². The summed E-state index contributed by atoms with van der Waals surface area (Å²) in [6.07, 6.45) is 0.884. The van der Waals surface area contributed by atoms with Crippen LogP contribution in [0.5, 0.6) is 0 Å². The number of rotatable bonds is 13. The molecule has 4 aromatic rings. The number of nitrogens with zero attached hydrogens (tertiary/aromatic N) is 2. The summed E-state index contributed by atoms with van der Waals surface area (Å²) < 4.78 is 43.4. The van der Waals surface area contributed by atoms with E-state index in [0.717, 1.165) is 26.6 Å². The molecule has 0 aromatic heterocycles. The number of amides is 2. The molecule has 0 unspecified atom stereocenters. The quantitative estimate of drug-likeness (QED) is 0.180. The third kappa shape index (κ3) is 8.81. The molecule has 9 heteroatoms. The molecule has 0 heterocycles. The molecule has 0 radical (unpaired) electrons. The topological polar surface area (TPSA) is 86.8 Å². The second-order valence-corrected chi connectivity index (χ2v) is 13.7. The molecule has 2 atom stereocenters. The molecule has 0 aliphatic carbocycles. The summed E-state index contributed by atoms with van der Waals surface area (Å²) in [5, 5.41) is 3.02. The smallest absolute Gasteiger partial charge is 0.264 e. The lowest BCUT2D eigenvalue weighted by molar-refractivity contribution is -0.140. The molecule has 0 fully saturated rings. The molecule has 0 aliphatic heterocycles. The molecule has 7 nitrogen and oxygen atoms in total. The normalized spacial score (nSPS) is 12.7. The maximum atomic E-state index is 14.6. The number of hydrogen-bond donors (Lipinski definition) is 1. The van der Waals surface area contributed by atoms with Crippen molar-refractivity contribution >= 4 is 27.5 Å². The van der Waals surface area contributed by atoms with Crippen molar-refractivity contribution in [3.05, 3.63) is 131 Å². The molecule has 242 valence electrons. The average molecular weight is 644 g/mol. The number of hydrogen-bond acceptors (Lipinski definition) is 4. The Morgan fingerprint density at radius 3 is 2.00 bits per heavy atom. The van der Waals surface area contributed by atoms with Gasteiger partial charge in [-0.05, 0) is 92.8 Å². The van der Waals surface area contributed by atoms with Gasteiger partial charge in [-0.2, -0.15) is 0 Å². The first-order valence-corrected chi connectivity index (χ1v) is 16.9. The van der Waals surface area contributed by atoms with E-state index in [1.165, 1.54) is 29.2 Å². The lowest BCUT2D eigenvalue weighted by atomic mass is 10.0. The first-order chi connectivity index (χ1) is 21.9. The van der Waals surface area contributed by atoms with Crippen LogP contribution >= 0.6 is 0 Å². The zero-order valence-corrected chi connectivity index (χ0v) is 27.9. The van der Waals surface area contributed by atoms with Crippen molar-refractivity contribution < 1.29 is 22.4 Å². The number of anilines is 1. The Hall–Kier alpha value is -4.50. The van der Waals surface area contributed by atoms with Gasteiger partial charge in [0.25, 0.3) is 10.0 Å². The van der Waals surface area contributed by atoms with E-state index in [9.17, 15) is 22.4 Å². The van der Waals surface area contributed by atoms with Gasteiger partial charge in [-0.3, -0.25) is 13.9 Å². The van der Waals surface area contributed by atoms with Crippen LogP contribution in [0.15, 0.2) is 102 Å². The van der Waals surface area contributed by atoms with Gasteiger partial charge in [0.1, 0.15) is 18.4 Å². The van der Waals surface area contributed by atoms with E-state index >= 15 is 0 Å². The lowest BCUT2D eigenvalue weighted by Crippen LogP contribution is -2.54. The van der Waals surface area contributed by atoms with Crippen LogP contribution in [0.1, 0.15) is 48.1 Å². The maximum absolute atomic E-state index is 14.6. The summed E-state index contributed by atoms with van der Waals surface area (Å²) in [7, 11) is -4.20. The van der Waals surface area contributed by atoms with Crippen LogP contribution < -0.4 is 9.62 Å². The SMILES string of the molecule is CC[C@H](C)NC(=O)[C@H](Cc1ccccc1)N(Cc1ccc(F)cc1)C(=O)CN(c1cc(C)cc(C)c1)S(=O)(=O)c1ccc(C)cc1. The minimum Gasteiger partial charge on any atom is -0.352 e. The molecular weight excluding hydrogens is 601 g/mol. The highest BCUT2D eigenvalue weighted by Crippen LogP contribution is 2.27. The zero-order valence-electron chi connectivity index (χ0n) is 27.0. The van der Waals surface area contributed by atoms with E-state index < -0.39 is 34.3 Å². The third-order valence-corrected chi connectivity index (χ3v) is 9.71. The number of benzene rings is 4. The van der Waals surface area contributed by atoms with Crippen molar-refractivity contribution in [3.63, 3.8) is 0 Å². The summed E-state index contributed by atoms with van der Waals surface area (Å²) in [5.41, 5.74) is 4.35. The lowest BCUT2D eigenvalue weighted by Gasteiger charge is -2.34. The summed E-state index contributed by atoms with van der Waals surface area (Å²) in [4.78, 5) is 29.9. The fourth-order valence-corrected chi connectivity index (χ4v) is 6.64. The average Bonchev–Trinajstić information content (AvgIpc) is 3.02. The summed E-state index contributed by atoms with van der Waals surface area (Å²) in [6, 6.07) is 25.8. The third-order valence-electron chi connectivity index (χ3n) is 7.92. The Morgan fingerprint density at radius 1 is 0.804 bits per heavy atom. The van der Waals surface area contributed by atoms with E-state index in [1.54, 1.807) is 36.4 Å². The fraction of sp³-hybridized carbons (Fsp3) is 0.297. The standard InChI is InChI=1S/C37H42FN3O4S/c1-6-29(5)39-37(43)35(23-30-10-8-7-9-11-30)40(24-31-14-16-32(38)17-15-31)36(42)25-41(33-21-27(3)20-28(4)22-33)46(44,45)34-18-12-26(2)13-19-34/h7-22,29,35H,6,23-25H2,1-5H3,(H,39,43)/t29-,35-/m0/s1. The van der Waals surface area contributed by atoms with E-state index in [2.05, 4.69) is 5.32 Å². The van der Waals surface area contributed by atoms with Crippen LogP contribution in [0.2, 0.25) is 0 Å². The molecular formula is C37H42FN3O4S. The van der Waals surface area contributed by atoms with Crippen molar-refractivity contribution in [2.45, 2.75) is 71.0 Å². The van der Waals surface area contributed by atoms with Crippen LogP contribution in [0.25, 0.3) is 0 Å². The van der Waals surface area contributed by atoms with Gasteiger partial charge in [0.05, 0.1) is 10.6 Å². The summed E-state index contributed by atoms with van der Waals surface area (Å²) in [6.45, 7) is 8.86. The Morgan fingerprint density at radius 2 is 1.41 bits per heavy atom. The maximum Gasteiger partial charge on any atom is 0.264 e. The van der Waals surface area contributed by atoms with Crippen molar-refractivity contribution in [3.8, 4) is 0 Å². The minimum absolute atomic E-state index is 0.0319. The molecule has 4 rings (SSSR count). The van der Waals surface area contributed by atoms with Gasteiger partial charge in [-0.25, -0.2) is 12.8 Å². The predicted octanol–water partition coefficient (Wildman–Crippen LogP) is 6.50. The van der Waals surface area contributed by atoms with Crippen molar-refractivity contribution in [1.82, 2.24) is 10.2 Å². The number of carbonyl (C=O) groups is 2. The molecule has 4 aromatic carbocycles. The molecule has 46 heavy (non-hydrogen) atoms. The molecule has 2 amide bonds. The second-order valence-electron chi connectivity index (χ2n) is 11.8. The molecule has 0 saturated heterocycles. The van der Waals surface area contributed by atoms with Crippen molar-refractivity contribution in [2.24, 2.45) is 0 Å². The van der Waals surface area contributed by atoms with Crippen LogP contribution in [0.3, 0.4) is 0 Å². The first-order valence-electron chi connectivity index (χ1n) is 15.4. The Labute approximate surface area is 272 Å². The van der Waals surface area contributed by atoms with Crippen molar-refractivity contribution in [2.75, 3.05) is 10.8 Å². The Kier molecular flexibility index (Phi) is 11.4. The number of aryl methyl sites for hydroxylation is 3. The number of nitrogens with one attached hydrogen (secondary N) is 1. The number of halogens is 1. The van der Waals surface area contributed by atoms with Crippen LogP contribution in [0.4, 0.5) is 10.1 Å². The Bertz CT molecular complexity index is 1720. The van der Waals surface area contributed by atoms with Crippen molar-refractivity contribution in [1.29, 1.82) is 0 Å². The van der Waals surface area contributed by atoms with Crippen LogP contribution in [-0.4, -0.2) is 43.8 Å². The van der Waals surface area contributed by atoms with Gasteiger partial charge in [0.2, 0.25) is 11.8 Å². The highest BCUT2D eigenvalue weighted by atomic mass is 32.2. The molecule has 0 spiro atoms. The van der Waals surface area contributed by atoms with Gasteiger partial charge >= 0.3 is 0 Å². The van der Waals surface area contributed by atoms with E-state index in [0.29, 0.717) is 17.7 Å². The van der Waals surface area contributed by atoms with E-state index in [1.807, 2.05) is 71.0 Å². The Balaban J connectivity index is 1.83. The first kappa shape index (κ1) is 34.4. The van der Waals surface area contributed by atoms with E-state index in [4.69, 9.17) is 0 Å². The monoisotopic (exact) mass is 643 g/mol. The number of sulfonamides is 1. The second kappa shape index (κ2) is 15.2. The van der Waals surface area contributed by atoms with Gasteiger partial charge in [-0.1, -0.05) is 73.2 Å². The molecule has 0 bridgehead atoms. The molecule has 0 aliphatic rings. The van der Waals surface area contributed by atoms with Gasteiger partial charge in [0, 0.05) is 19.0 Å².